The van der Waals surface area contributed by atoms with Crippen molar-refractivity contribution < 1.29 is 13.8 Å². The molecule has 8 nitrogen and oxygen atoms in total. The molecule has 0 spiro atoms. The monoisotopic (exact) mass is 534 g/mol. The number of nitro groups is 1. The second kappa shape index (κ2) is 11.8. The summed E-state index contributed by atoms with van der Waals surface area (Å²) in [7, 11) is 0. The van der Waals surface area contributed by atoms with Gasteiger partial charge < -0.3 is 14.6 Å². The first-order valence-corrected chi connectivity index (χ1v) is 13.3. The fourth-order valence-electron chi connectivity index (χ4n) is 4.56. The van der Waals surface area contributed by atoms with Crippen molar-refractivity contribution in [1.29, 1.82) is 0 Å². The molecule has 0 aliphatic heterocycles. The molecule has 202 valence electrons. The van der Waals surface area contributed by atoms with Gasteiger partial charge in [0.15, 0.2) is 11.2 Å². The van der Waals surface area contributed by atoms with Crippen molar-refractivity contribution in [3.05, 3.63) is 106 Å². The van der Waals surface area contributed by atoms with Crippen LogP contribution in [0.1, 0.15) is 37.8 Å². The minimum Gasteiger partial charge on any atom is -0.436 e. The van der Waals surface area contributed by atoms with Gasteiger partial charge in [-0.15, -0.1) is 0 Å². The maximum Gasteiger partial charge on any atom is 0.273 e. The van der Waals surface area contributed by atoms with Crippen LogP contribution in [-0.2, 0) is 12.8 Å². The Morgan fingerprint density at radius 2 is 1.23 bits per heavy atom. The Morgan fingerprint density at radius 1 is 0.725 bits per heavy atom. The molecule has 0 bridgehead atoms. The van der Waals surface area contributed by atoms with E-state index in [0.717, 1.165) is 52.7 Å². The van der Waals surface area contributed by atoms with E-state index in [2.05, 4.69) is 23.0 Å². The van der Waals surface area contributed by atoms with Crippen LogP contribution in [0.2, 0.25) is 0 Å². The van der Waals surface area contributed by atoms with E-state index in [1.54, 1.807) is 6.07 Å². The molecule has 0 aliphatic carbocycles. The summed E-state index contributed by atoms with van der Waals surface area (Å²) < 4.78 is 11.4. The van der Waals surface area contributed by atoms with Crippen molar-refractivity contribution in [3.63, 3.8) is 0 Å². The molecule has 0 fully saturated rings. The van der Waals surface area contributed by atoms with Gasteiger partial charge in [-0.2, -0.15) is 0 Å². The number of nitrogens with zero attached hydrogens (tertiary/aromatic N) is 3. The molecule has 0 radical (unpaired) electrons. The molecule has 0 unspecified atom stereocenters. The van der Waals surface area contributed by atoms with Crippen LogP contribution in [0.4, 0.5) is 11.4 Å². The van der Waals surface area contributed by atoms with Crippen molar-refractivity contribution in [2.24, 2.45) is 0 Å². The zero-order chi connectivity index (χ0) is 28.1. The Morgan fingerprint density at radius 3 is 1.73 bits per heavy atom. The molecule has 0 aliphatic rings. The van der Waals surface area contributed by atoms with E-state index < -0.39 is 0 Å². The smallest absolute Gasteiger partial charge is 0.273 e. The highest BCUT2D eigenvalue weighted by Gasteiger charge is 2.17. The van der Waals surface area contributed by atoms with Gasteiger partial charge in [-0.3, -0.25) is 10.1 Å². The lowest BCUT2D eigenvalue weighted by Crippen LogP contribution is -1.96. The van der Waals surface area contributed by atoms with Crippen molar-refractivity contribution >= 4 is 33.6 Å². The second-order valence-corrected chi connectivity index (χ2v) is 9.49. The maximum absolute atomic E-state index is 11.2. The SMILES string of the molecule is CCCc1ccc(-c2nc3ccccc3o2)cc1N.CCCc1ccc(-c2nc3ccccc3o2)cc1[N+](=O)[O-]. The highest BCUT2D eigenvalue weighted by molar-refractivity contribution is 5.77. The predicted octanol–water partition coefficient (Wildman–Crippen LogP) is 8.39. The lowest BCUT2D eigenvalue weighted by Gasteiger charge is -2.05. The molecule has 40 heavy (non-hydrogen) atoms. The molecule has 0 saturated carbocycles. The first kappa shape index (κ1) is 26.6. The summed E-state index contributed by atoms with van der Waals surface area (Å²) in [6, 6.07) is 26.3. The van der Waals surface area contributed by atoms with Gasteiger partial charge in [-0.25, -0.2) is 9.97 Å². The van der Waals surface area contributed by atoms with E-state index in [0.29, 0.717) is 29.3 Å². The number of aryl methyl sites for hydroxylation is 2. The van der Waals surface area contributed by atoms with Gasteiger partial charge in [0.25, 0.3) is 5.69 Å². The summed E-state index contributed by atoms with van der Waals surface area (Å²) >= 11 is 0. The topological polar surface area (TPSA) is 121 Å². The number of para-hydroxylation sites is 4. The number of anilines is 1. The average molecular weight is 535 g/mol. The average Bonchev–Trinajstić information content (AvgIpc) is 3.59. The molecule has 2 aromatic heterocycles. The number of aromatic nitrogens is 2. The Labute approximate surface area is 231 Å². The van der Waals surface area contributed by atoms with E-state index in [1.807, 2.05) is 73.7 Å². The summed E-state index contributed by atoms with van der Waals surface area (Å²) in [6.45, 7) is 4.15. The first-order valence-electron chi connectivity index (χ1n) is 13.3. The minimum absolute atomic E-state index is 0.122. The highest BCUT2D eigenvalue weighted by atomic mass is 16.6. The van der Waals surface area contributed by atoms with E-state index in [1.165, 1.54) is 11.6 Å². The van der Waals surface area contributed by atoms with Gasteiger partial charge in [0, 0.05) is 28.4 Å². The maximum atomic E-state index is 11.2. The van der Waals surface area contributed by atoms with Crippen LogP contribution in [-0.4, -0.2) is 14.9 Å². The zero-order valence-corrected chi connectivity index (χ0v) is 22.5. The Bertz CT molecular complexity index is 1720. The second-order valence-electron chi connectivity index (χ2n) is 9.49. The molecule has 0 saturated heterocycles. The number of oxazole rings is 2. The van der Waals surface area contributed by atoms with Crippen LogP contribution >= 0.6 is 0 Å². The van der Waals surface area contributed by atoms with Gasteiger partial charge in [-0.05, 0) is 60.9 Å². The van der Waals surface area contributed by atoms with Crippen molar-refractivity contribution in [1.82, 2.24) is 9.97 Å². The Hall–Kier alpha value is -4.98. The van der Waals surface area contributed by atoms with Crippen LogP contribution in [0.25, 0.3) is 45.1 Å². The molecule has 4 aromatic carbocycles. The molecular formula is C32H30N4O4. The third-order valence-corrected chi connectivity index (χ3v) is 6.55. The number of benzene rings is 4. The number of hydrogen-bond donors (Lipinski definition) is 1. The fraction of sp³-hybridized carbons (Fsp3) is 0.188. The minimum atomic E-state index is -0.350. The Kier molecular flexibility index (Phi) is 7.87. The van der Waals surface area contributed by atoms with E-state index in [-0.39, 0.29) is 10.6 Å². The molecule has 6 aromatic rings. The third kappa shape index (κ3) is 5.71. The fourth-order valence-corrected chi connectivity index (χ4v) is 4.56. The van der Waals surface area contributed by atoms with Crippen LogP contribution < -0.4 is 5.73 Å². The van der Waals surface area contributed by atoms with Crippen LogP contribution in [0.5, 0.6) is 0 Å². The largest absolute Gasteiger partial charge is 0.436 e. The highest BCUT2D eigenvalue weighted by Crippen LogP contribution is 2.30. The number of rotatable bonds is 7. The summed E-state index contributed by atoms with van der Waals surface area (Å²) in [5.74, 6) is 1.03. The van der Waals surface area contributed by atoms with Crippen LogP contribution in [0.15, 0.2) is 93.8 Å². The molecular weight excluding hydrogens is 504 g/mol. The molecule has 0 atom stereocenters. The zero-order valence-electron chi connectivity index (χ0n) is 22.5. The van der Waals surface area contributed by atoms with Gasteiger partial charge >= 0.3 is 0 Å². The number of nitrogens with two attached hydrogens (primary N) is 1. The summed E-state index contributed by atoms with van der Waals surface area (Å²) in [5.41, 5.74) is 13.6. The number of nitrogen functional groups attached to an aromatic ring is 1. The van der Waals surface area contributed by atoms with Crippen LogP contribution in [0, 0.1) is 10.1 Å². The van der Waals surface area contributed by atoms with Gasteiger partial charge in [0.2, 0.25) is 11.8 Å². The molecule has 0 amide bonds. The van der Waals surface area contributed by atoms with Gasteiger partial charge in [-0.1, -0.05) is 63.1 Å². The molecule has 6 rings (SSSR count). The predicted molar refractivity (Wildman–Crippen MR) is 158 cm³/mol. The molecule has 8 heteroatoms. The summed E-state index contributed by atoms with van der Waals surface area (Å²) in [4.78, 5) is 19.7. The normalized spacial score (nSPS) is 10.9. The standard InChI is InChI=1S/C16H14N2O3.C16H16N2O/c1-2-5-11-8-9-12(10-14(11)18(19)20)16-17-13-6-3-4-7-15(13)21-16;1-2-5-11-8-9-12(10-13(11)17)16-18-14-6-3-4-7-15(14)19-16/h3-4,6-10H,2,5H2,1H3;3-4,6-10H,2,5,17H2,1H3. The molecule has 2 heterocycles. The first-order chi connectivity index (χ1) is 19.5. The lowest BCUT2D eigenvalue weighted by atomic mass is 10.1. The van der Waals surface area contributed by atoms with Crippen molar-refractivity contribution in [2.75, 3.05) is 5.73 Å². The van der Waals surface area contributed by atoms with E-state index in [9.17, 15) is 10.1 Å². The van der Waals surface area contributed by atoms with E-state index in [4.69, 9.17) is 14.6 Å². The summed E-state index contributed by atoms with van der Waals surface area (Å²) in [5, 5.41) is 11.2. The number of hydrogen-bond acceptors (Lipinski definition) is 7. The molecule has 2 N–H and O–H groups in total. The quantitative estimate of drug-likeness (QED) is 0.124. The number of nitro benzene ring substituents is 1. The van der Waals surface area contributed by atoms with Gasteiger partial charge in [0.05, 0.1) is 4.92 Å². The van der Waals surface area contributed by atoms with Crippen molar-refractivity contribution in [2.45, 2.75) is 39.5 Å². The lowest BCUT2D eigenvalue weighted by molar-refractivity contribution is -0.385. The summed E-state index contributed by atoms with van der Waals surface area (Å²) in [6.07, 6.45) is 3.64. The van der Waals surface area contributed by atoms with Crippen molar-refractivity contribution in [3.8, 4) is 22.9 Å². The third-order valence-electron chi connectivity index (χ3n) is 6.55. The van der Waals surface area contributed by atoms with E-state index >= 15 is 0 Å². The Balaban J connectivity index is 0.000000162. The number of fused-ring (bicyclic) bond motifs is 2. The van der Waals surface area contributed by atoms with Crippen LogP contribution in [0.3, 0.4) is 0 Å². The van der Waals surface area contributed by atoms with Gasteiger partial charge in [0.1, 0.15) is 11.0 Å².